The predicted octanol–water partition coefficient (Wildman–Crippen LogP) is 11.6. The van der Waals surface area contributed by atoms with Crippen LogP contribution in [-0.4, -0.2) is 174 Å². The van der Waals surface area contributed by atoms with Gasteiger partial charge in [0.15, 0.2) is 5.15 Å². The van der Waals surface area contributed by atoms with Gasteiger partial charge < -0.3 is 57.3 Å². The standard InChI is InChI=1S/C33H36N6O4.C23H33BN2O5.C16H15ClN4O/c1-33(2,3)43-32(40)39-12-10-26(11-13-39)42-29-9-6-23(18-24(29)20-34)30-31-28(35-21-36-30)19-27(37-31)22-4-7-25(8-5-22)38-14-16-41-17-15-38;1-21(2,3)29-20(27)26-12-10-18(11-13-26)28-19-9-8-17(14-16(19)15-25)24-30-22(4,5)23(6,7)31-24;17-16-15-14(18-10-19-16)9-13(20-15)11-1-3-12(4-2-11)21-5-7-22-8-6-21/h4-9,18,21,26H,10-17,19H2,1-3H3;8-9,14,18H,10-13H2,1-7H3;1-4,10H,5-9H2. The number of halogens is 1. The summed E-state index contributed by atoms with van der Waals surface area (Å²) in [5.74, 6) is 1.07. The topological polar surface area (TPSA) is 245 Å². The van der Waals surface area contributed by atoms with Crippen LogP contribution in [0, 0.1) is 22.7 Å². The Bertz CT molecular complexity index is 3910. The van der Waals surface area contributed by atoms with Crippen molar-refractivity contribution < 1.29 is 47.3 Å². The van der Waals surface area contributed by atoms with Gasteiger partial charge in [-0.2, -0.15) is 10.5 Å². The second kappa shape index (κ2) is 29.3. The number of carbonyl (C=O) groups excluding carboxylic acids is 2. The van der Waals surface area contributed by atoms with Crippen molar-refractivity contribution in [1.29, 1.82) is 10.5 Å². The zero-order valence-corrected chi connectivity index (χ0v) is 57.3. The zero-order valence-electron chi connectivity index (χ0n) is 56.5. The highest BCUT2D eigenvalue weighted by molar-refractivity contribution is 6.62. The molecule has 0 aliphatic carbocycles. The maximum absolute atomic E-state index is 12.4. The molecule has 0 N–H and O–H groups in total. The molecule has 7 aliphatic heterocycles. The van der Waals surface area contributed by atoms with Gasteiger partial charge in [-0.3, -0.25) is 0 Å². The molecular weight excluding hydrogens is 1240 g/mol. The number of hydrogen-bond donors (Lipinski definition) is 0. The van der Waals surface area contributed by atoms with Crippen LogP contribution >= 0.6 is 11.6 Å². The number of benzene rings is 4. The summed E-state index contributed by atoms with van der Waals surface area (Å²) in [6, 6.07) is 32.5. The van der Waals surface area contributed by atoms with Gasteiger partial charge in [0, 0.05) is 108 Å². The van der Waals surface area contributed by atoms with Gasteiger partial charge in [0.05, 0.1) is 77.3 Å². The fourth-order valence-electron chi connectivity index (χ4n) is 11.9. The predicted molar refractivity (Wildman–Crippen MR) is 368 cm³/mol. The first kappa shape index (κ1) is 68.7. The third-order valence-electron chi connectivity index (χ3n) is 17.9. The Kier molecular flexibility index (Phi) is 21.0. The van der Waals surface area contributed by atoms with Crippen molar-refractivity contribution in [2.24, 2.45) is 9.98 Å². The van der Waals surface area contributed by atoms with E-state index in [-0.39, 0.29) is 24.4 Å². The van der Waals surface area contributed by atoms with Gasteiger partial charge in [-0.15, -0.1) is 0 Å². The SMILES string of the molecule is CC(C)(C)OC(=O)N1CCC(Oc2ccc(-c3ncnc4c3N=C(c3ccc(N5CCOCC5)cc3)C4)cc2C#N)CC1.CC(C)(C)OC(=O)N1CCC(Oc2ccc(B3OC(C)(C)C(C)(C)O3)cc2C#N)CC1.Clc1ncnc2c1N=C(c1ccc(N3CCOCC3)cc1)C2. The zero-order chi connectivity index (χ0) is 67.9. The molecule has 5 saturated heterocycles. The molecule has 0 spiro atoms. The van der Waals surface area contributed by atoms with Gasteiger partial charge in [-0.1, -0.05) is 41.9 Å². The van der Waals surface area contributed by atoms with E-state index < -0.39 is 29.5 Å². The molecule has 2 aromatic heterocycles. The number of piperidine rings is 2. The molecular formula is C72H84BClN12O10. The van der Waals surface area contributed by atoms with Gasteiger partial charge in [-0.25, -0.2) is 39.5 Å². The first-order valence-electron chi connectivity index (χ1n) is 33.0. The molecule has 13 rings (SSSR count). The lowest BCUT2D eigenvalue weighted by Crippen LogP contribution is -2.44. The number of rotatable bonds is 10. The first-order chi connectivity index (χ1) is 45.9. The summed E-state index contributed by atoms with van der Waals surface area (Å²) >= 11 is 6.07. The summed E-state index contributed by atoms with van der Waals surface area (Å²) in [4.78, 5) is 59.6. The Morgan fingerprint density at radius 3 is 1.42 bits per heavy atom. The lowest BCUT2D eigenvalue weighted by Gasteiger charge is -2.33. The molecule has 22 nitrogen and oxygen atoms in total. The number of anilines is 2. The van der Waals surface area contributed by atoms with Crippen LogP contribution in [0.2, 0.25) is 5.15 Å². The van der Waals surface area contributed by atoms with Crippen molar-refractivity contribution in [2.75, 3.05) is 88.6 Å². The number of carbonyl (C=O) groups is 2. The molecule has 5 fully saturated rings. The molecule has 0 saturated carbocycles. The summed E-state index contributed by atoms with van der Waals surface area (Å²) in [6.07, 6.45) is 6.31. The third-order valence-corrected chi connectivity index (χ3v) is 18.1. The third kappa shape index (κ3) is 16.7. The number of likely N-dealkylation sites (tertiary alicyclic amines) is 2. The molecule has 0 atom stereocenters. The second-order valence-electron chi connectivity index (χ2n) is 27.6. The Morgan fingerprint density at radius 1 is 0.552 bits per heavy atom. The van der Waals surface area contributed by atoms with E-state index >= 15 is 0 Å². The van der Waals surface area contributed by atoms with Crippen molar-refractivity contribution in [3.8, 4) is 34.9 Å². The van der Waals surface area contributed by atoms with E-state index in [0.29, 0.717) is 104 Å². The van der Waals surface area contributed by atoms with Crippen LogP contribution in [0.1, 0.15) is 129 Å². The number of amides is 2. The number of nitriles is 2. The van der Waals surface area contributed by atoms with E-state index in [1.54, 1.807) is 34.3 Å². The van der Waals surface area contributed by atoms with Gasteiger partial charge in [0.2, 0.25) is 0 Å². The average molecular weight is 1320 g/mol. The fraction of sp³-hybridized carbons (Fsp3) is 0.472. The largest absolute Gasteiger partial charge is 0.494 e. The van der Waals surface area contributed by atoms with Gasteiger partial charge in [-0.05, 0) is 140 Å². The summed E-state index contributed by atoms with van der Waals surface area (Å²) in [5.41, 5.74) is 10.9. The van der Waals surface area contributed by atoms with Crippen LogP contribution in [0.3, 0.4) is 0 Å². The van der Waals surface area contributed by atoms with E-state index in [4.69, 9.17) is 54.3 Å². The van der Waals surface area contributed by atoms with E-state index in [1.807, 2.05) is 87.4 Å². The monoisotopic (exact) mass is 1320 g/mol. The maximum Gasteiger partial charge on any atom is 0.494 e. The number of aromatic nitrogens is 4. The van der Waals surface area contributed by atoms with E-state index in [9.17, 15) is 20.1 Å². The molecule has 24 heteroatoms. The molecule has 0 unspecified atom stereocenters. The van der Waals surface area contributed by atoms with Crippen molar-refractivity contribution in [3.05, 3.63) is 136 Å². The first-order valence-corrected chi connectivity index (χ1v) is 33.4. The maximum atomic E-state index is 12.4. The molecule has 6 aromatic rings. The van der Waals surface area contributed by atoms with Gasteiger partial charge in [0.25, 0.3) is 0 Å². The summed E-state index contributed by atoms with van der Waals surface area (Å²) in [7, 11) is -0.525. The van der Waals surface area contributed by atoms with Crippen LogP contribution in [0.4, 0.5) is 32.3 Å². The highest BCUT2D eigenvalue weighted by Crippen LogP contribution is 2.40. The van der Waals surface area contributed by atoms with Crippen molar-refractivity contribution in [1.82, 2.24) is 29.7 Å². The molecule has 0 bridgehead atoms. The Morgan fingerprint density at radius 2 is 0.969 bits per heavy atom. The minimum absolute atomic E-state index is 0.0616. The van der Waals surface area contributed by atoms with Crippen molar-refractivity contribution in [3.63, 3.8) is 0 Å². The average Bonchev–Trinajstić information content (AvgIpc) is 1.54. The van der Waals surface area contributed by atoms with E-state index in [2.05, 4.69) is 95.4 Å². The molecule has 502 valence electrons. The number of nitrogens with zero attached hydrogens (tertiary/aromatic N) is 12. The van der Waals surface area contributed by atoms with Crippen molar-refractivity contribution >= 4 is 70.5 Å². The smallest absolute Gasteiger partial charge is 0.489 e. The highest BCUT2D eigenvalue weighted by atomic mass is 35.5. The Balaban J connectivity index is 0.000000155. The van der Waals surface area contributed by atoms with Gasteiger partial charge >= 0.3 is 19.3 Å². The molecule has 4 aromatic carbocycles. The van der Waals surface area contributed by atoms with E-state index in [0.717, 1.165) is 103 Å². The van der Waals surface area contributed by atoms with Crippen LogP contribution in [0.15, 0.2) is 108 Å². The summed E-state index contributed by atoms with van der Waals surface area (Å²) in [6.45, 7) is 28.1. The minimum Gasteiger partial charge on any atom is -0.489 e. The quantitative estimate of drug-likeness (QED) is 0.0914. The number of fused-ring (bicyclic) bond motifs is 2. The number of morpholine rings is 2. The lowest BCUT2D eigenvalue weighted by molar-refractivity contribution is 0.00578. The number of aliphatic imine (C=N–C) groups is 2. The van der Waals surface area contributed by atoms with E-state index in [1.165, 1.54) is 17.7 Å². The molecule has 96 heavy (non-hydrogen) atoms. The summed E-state index contributed by atoms with van der Waals surface area (Å²) < 4.78 is 46.3. The normalized spacial score (nSPS) is 18.4. The van der Waals surface area contributed by atoms with Crippen LogP contribution in [0.25, 0.3) is 11.3 Å². The molecule has 2 amide bonds. The van der Waals surface area contributed by atoms with Gasteiger partial charge in [0.1, 0.15) is 71.1 Å². The Labute approximate surface area is 567 Å². The number of hydrogen-bond acceptors (Lipinski definition) is 20. The number of ether oxygens (including phenoxy) is 6. The second-order valence-corrected chi connectivity index (χ2v) is 27.9. The minimum atomic E-state index is -0.528. The molecule has 7 aliphatic rings. The van der Waals surface area contributed by atoms with Crippen LogP contribution in [-0.2, 0) is 41.1 Å². The highest BCUT2D eigenvalue weighted by Gasteiger charge is 2.52. The van der Waals surface area contributed by atoms with Crippen LogP contribution in [0.5, 0.6) is 11.5 Å². The lowest BCUT2D eigenvalue weighted by atomic mass is 9.78. The van der Waals surface area contributed by atoms with Crippen molar-refractivity contribution in [2.45, 2.75) is 142 Å². The summed E-state index contributed by atoms with van der Waals surface area (Å²) in [5, 5.41) is 20.1. The van der Waals surface area contributed by atoms with Crippen LogP contribution < -0.4 is 24.7 Å². The molecule has 9 heterocycles. The molecule has 0 radical (unpaired) electrons. The Hall–Kier alpha value is -8.71. The fourth-order valence-corrected chi connectivity index (χ4v) is 12.1.